The van der Waals surface area contributed by atoms with Crippen LogP contribution in [0.15, 0.2) is 22.9 Å². The van der Waals surface area contributed by atoms with Gasteiger partial charge in [-0.2, -0.15) is 21.0 Å². The number of hydrogen-bond donors (Lipinski definition) is 2. The summed E-state index contributed by atoms with van der Waals surface area (Å²) in [4.78, 5) is 0. The lowest BCUT2D eigenvalue weighted by Crippen LogP contribution is -2.55. The first-order valence-electron chi connectivity index (χ1n) is 10.9. The number of allylic oxidation sites excluding steroid dienone is 4. The molecule has 2 saturated carbocycles. The van der Waals surface area contributed by atoms with Crippen molar-refractivity contribution in [2.24, 2.45) is 27.4 Å². The van der Waals surface area contributed by atoms with Crippen LogP contribution in [0.2, 0.25) is 0 Å². The van der Waals surface area contributed by atoms with Gasteiger partial charge >= 0.3 is 0 Å². The number of fused-ring (bicyclic) bond motifs is 1. The highest BCUT2D eigenvalue weighted by Gasteiger charge is 2.64. The van der Waals surface area contributed by atoms with Gasteiger partial charge in [0.1, 0.15) is 0 Å². The molecule has 0 aromatic rings. The number of hydrogen-bond acceptors (Lipinski definition) is 6. The van der Waals surface area contributed by atoms with Crippen LogP contribution in [0.1, 0.15) is 70.6 Å². The van der Waals surface area contributed by atoms with E-state index >= 15 is 0 Å². The summed E-state index contributed by atoms with van der Waals surface area (Å²) in [5.41, 5.74) is 3.31. The molecule has 0 bridgehead atoms. The van der Waals surface area contributed by atoms with Crippen molar-refractivity contribution >= 4 is 5.71 Å². The molecule has 152 valence electrons. The van der Waals surface area contributed by atoms with Crippen molar-refractivity contribution < 1.29 is 0 Å². The Morgan fingerprint density at radius 2 is 1.27 bits per heavy atom. The Kier molecular flexibility index (Phi) is 4.52. The Hall–Kier alpha value is -3.09. The number of nitrogens with zero attached hydrogens (tertiary/aromatic N) is 4. The SMILES string of the molecule is N#CC1(C#N)C(=N)C2=C(N)C(C#N)(C#N)C3(CCCCC3)CC2=CC12CCCCC2. The molecule has 0 aromatic heterocycles. The van der Waals surface area contributed by atoms with Gasteiger partial charge in [-0.05, 0) is 37.7 Å². The topological polar surface area (TPSA) is 145 Å². The first kappa shape index (κ1) is 20.2. The highest BCUT2D eigenvalue weighted by atomic mass is 14.8. The largest absolute Gasteiger partial charge is 0.399 e. The summed E-state index contributed by atoms with van der Waals surface area (Å²) in [7, 11) is 0. The second-order valence-corrected chi connectivity index (χ2v) is 9.52. The highest BCUT2D eigenvalue weighted by molar-refractivity contribution is 6.12. The van der Waals surface area contributed by atoms with E-state index in [4.69, 9.17) is 11.1 Å². The van der Waals surface area contributed by atoms with Crippen LogP contribution in [0.3, 0.4) is 0 Å². The Labute approximate surface area is 177 Å². The van der Waals surface area contributed by atoms with Gasteiger partial charge < -0.3 is 11.1 Å². The monoisotopic (exact) mass is 398 g/mol. The number of rotatable bonds is 0. The van der Waals surface area contributed by atoms with Crippen molar-refractivity contribution in [1.82, 2.24) is 0 Å². The summed E-state index contributed by atoms with van der Waals surface area (Å²) >= 11 is 0. The van der Waals surface area contributed by atoms with E-state index in [0.29, 0.717) is 24.8 Å². The Bertz CT molecular complexity index is 992. The quantitative estimate of drug-likeness (QED) is 0.615. The van der Waals surface area contributed by atoms with E-state index in [9.17, 15) is 21.0 Å². The van der Waals surface area contributed by atoms with Gasteiger partial charge in [0, 0.05) is 16.4 Å². The Morgan fingerprint density at radius 3 is 1.77 bits per heavy atom. The fourth-order valence-electron chi connectivity index (χ4n) is 6.75. The van der Waals surface area contributed by atoms with Crippen LogP contribution in [-0.4, -0.2) is 5.71 Å². The maximum atomic E-state index is 10.2. The van der Waals surface area contributed by atoms with E-state index < -0.39 is 21.7 Å². The molecule has 4 aliphatic rings. The second kappa shape index (κ2) is 6.72. The van der Waals surface area contributed by atoms with Gasteiger partial charge in [0.15, 0.2) is 10.8 Å². The Morgan fingerprint density at radius 1 is 0.767 bits per heavy atom. The highest BCUT2D eigenvalue weighted by Crippen LogP contribution is 2.64. The van der Waals surface area contributed by atoms with E-state index in [2.05, 4.69) is 30.4 Å². The Balaban J connectivity index is 2.03. The summed E-state index contributed by atoms with van der Waals surface area (Å²) in [6, 6.07) is 8.82. The minimum Gasteiger partial charge on any atom is -0.399 e. The standard InChI is InChI=1S/C24H26N6/c25-13-23(14-26)19(29)18-17(11-21(23)7-3-1-4-8-21)12-22(9-5-2-6-10-22)24(15-27,16-28)20(18)30/h11,29H,1-10,12,30H2. The van der Waals surface area contributed by atoms with E-state index in [1.165, 1.54) is 0 Å². The smallest absolute Gasteiger partial charge is 0.194 e. The van der Waals surface area contributed by atoms with Gasteiger partial charge in [0.05, 0.1) is 35.7 Å². The minimum absolute atomic E-state index is 0.0810. The maximum absolute atomic E-state index is 10.2. The van der Waals surface area contributed by atoms with Gasteiger partial charge in [0.2, 0.25) is 0 Å². The van der Waals surface area contributed by atoms with Crippen LogP contribution < -0.4 is 5.73 Å². The van der Waals surface area contributed by atoms with Gasteiger partial charge in [-0.3, -0.25) is 0 Å². The number of nitrogens with two attached hydrogens (primary N) is 1. The summed E-state index contributed by atoms with van der Waals surface area (Å²) in [6.45, 7) is 0. The fourth-order valence-corrected chi connectivity index (χ4v) is 6.75. The zero-order chi connectivity index (χ0) is 21.6. The predicted octanol–water partition coefficient (Wildman–Crippen LogP) is 4.53. The molecule has 3 N–H and O–H groups in total. The van der Waals surface area contributed by atoms with Crippen LogP contribution in [0, 0.1) is 72.4 Å². The molecule has 0 radical (unpaired) electrons. The summed E-state index contributed by atoms with van der Waals surface area (Å²) in [5, 5.41) is 49.7. The van der Waals surface area contributed by atoms with Crippen molar-refractivity contribution in [3.63, 3.8) is 0 Å². The molecule has 30 heavy (non-hydrogen) atoms. The lowest BCUT2D eigenvalue weighted by Gasteiger charge is -2.54. The third kappa shape index (κ3) is 2.18. The van der Waals surface area contributed by atoms with Crippen LogP contribution in [0.25, 0.3) is 0 Å². The molecule has 0 heterocycles. The lowest BCUT2D eigenvalue weighted by molar-refractivity contribution is 0.0941. The van der Waals surface area contributed by atoms with Crippen molar-refractivity contribution in [3.8, 4) is 24.3 Å². The first-order valence-corrected chi connectivity index (χ1v) is 10.9. The van der Waals surface area contributed by atoms with Crippen LogP contribution in [0.4, 0.5) is 0 Å². The predicted molar refractivity (Wildman–Crippen MR) is 110 cm³/mol. The van der Waals surface area contributed by atoms with Crippen molar-refractivity contribution in [3.05, 3.63) is 22.9 Å². The molecular weight excluding hydrogens is 372 g/mol. The summed E-state index contributed by atoms with van der Waals surface area (Å²) < 4.78 is 0. The minimum atomic E-state index is -1.63. The second-order valence-electron chi connectivity index (χ2n) is 9.52. The third-order valence-electron chi connectivity index (χ3n) is 8.37. The average Bonchev–Trinajstić information content (AvgIpc) is 2.76. The molecule has 0 saturated heterocycles. The fraction of sp³-hybridized carbons (Fsp3) is 0.625. The van der Waals surface area contributed by atoms with E-state index in [1.54, 1.807) is 0 Å². The molecule has 4 aliphatic carbocycles. The maximum Gasteiger partial charge on any atom is 0.194 e. The third-order valence-corrected chi connectivity index (χ3v) is 8.37. The molecule has 0 amide bonds. The number of nitriles is 4. The van der Waals surface area contributed by atoms with Crippen LogP contribution in [0.5, 0.6) is 0 Å². The van der Waals surface area contributed by atoms with Crippen molar-refractivity contribution in [1.29, 1.82) is 26.5 Å². The van der Waals surface area contributed by atoms with E-state index in [-0.39, 0.29) is 11.4 Å². The molecule has 2 spiro atoms. The average molecular weight is 399 g/mol. The molecule has 4 rings (SSSR count). The van der Waals surface area contributed by atoms with Gasteiger partial charge in [0.25, 0.3) is 0 Å². The zero-order valence-electron chi connectivity index (χ0n) is 17.2. The first-order chi connectivity index (χ1) is 14.4. The molecule has 2 fully saturated rings. The summed E-state index contributed by atoms with van der Waals surface area (Å²) in [6.07, 6.45) is 11.3. The van der Waals surface area contributed by atoms with E-state index in [1.807, 2.05) is 0 Å². The molecule has 0 unspecified atom stereocenters. The molecule has 0 aliphatic heterocycles. The molecule has 6 nitrogen and oxygen atoms in total. The normalized spacial score (nSPS) is 27.7. The van der Waals surface area contributed by atoms with Gasteiger partial charge in [-0.15, -0.1) is 0 Å². The van der Waals surface area contributed by atoms with Crippen LogP contribution >= 0.6 is 0 Å². The van der Waals surface area contributed by atoms with Crippen LogP contribution in [-0.2, 0) is 0 Å². The van der Waals surface area contributed by atoms with Crippen molar-refractivity contribution in [2.45, 2.75) is 70.6 Å². The molecule has 0 aromatic carbocycles. The molecular formula is C24H26N6. The molecule has 0 atom stereocenters. The molecule has 6 heteroatoms. The van der Waals surface area contributed by atoms with E-state index in [0.717, 1.165) is 56.9 Å². The van der Waals surface area contributed by atoms with Crippen molar-refractivity contribution in [2.75, 3.05) is 0 Å². The van der Waals surface area contributed by atoms with Gasteiger partial charge in [-0.25, -0.2) is 0 Å². The number of nitrogens with one attached hydrogen (secondary N) is 1. The lowest BCUT2D eigenvalue weighted by atomic mass is 9.45. The summed E-state index contributed by atoms with van der Waals surface area (Å²) in [5.74, 6) is 0. The van der Waals surface area contributed by atoms with Gasteiger partial charge in [-0.1, -0.05) is 44.6 Å². The zero-order valence-corrected chi connectivity index (χ0v) is 17.2.